The Morgan fingerprint density at radius 3 is 2.78 bits per heavy atom. The topological polar surface area (TPSA) is 64.8 Å². The summed E-state index contributed by atoms with van der Waals surface area (Å²) in [5.41, 5.74) is 5.46. The Bertz CT molecular complexity index is 319. The van der Waals surface area contributed by atoms with E-state index in [0.717, 1.165) is 13.0 Å². The molecule has 0 aliphatic carbocycles. The third kappa shape index (κ3) is 2.62. The molecule has 5 nitrogen and oxygen atoms in total. The van der Waals surface area contributed by atoms with Crippen molar-refractivity contribution in [2.75, 3.05) is 32.8 Å². The van der Waals surface area contributed by atoms with Crippen molar-refractivity contribution in [1.29, 1.82) is 0 Å². The van der Waals surface area contributed by atoms with Crippen LogP contribution in [-0.4, -0.2) is 49.4 Å². The highest BCUT2D eigenvalue weighted by Gasteiger charge is 2.50. The van der Waals surface area contributed by atoms with Gasteiger partial charge in [-0.1, -0.05) is 0 Å². The highest BCUT2D eigenvalue weighted by Crippen LogP contribution is 2.42. The molecule has 0 saturated carbocycles. The molecule has 2 saturated heterocycles. The van der Waals surface area contributed by atoms with E-state index in [1.165, 1.54) is 0 Å². The average molecular weight is 256 g/mol. The molecule has 2 rings (SSSR count). The van der Waals surface area contributed by atoms with Crippen molar-refractivity contribution in [2.45, 2.75) is 32.8 Å². The quantitative estimate of drug-likeness (QED) is 0.766. The number of ether oxygens (including phenoxy) is 2. The molecule has 0 bridgehead atoms. The van der Waals surface area contributed by atoms with Crippen LogP contribution in [0.2, 0.25) is 0 Å². The number of amides is 1. The number of rotatable bonds is 1. The predicted octanol–water partition coefficient (Wildman–Crippen LogP) is 1.22. The highest BCUT2D eigenvalue weighted by atomic mass is 16.6. The molecule has 1 spiro atoms. The molecule has 2 aliphatic heterocycles. The Morgan fingerprint density at radius 1 is 1.56 bits per heavy atom. The standard InChI is InChI=1S/C13H24N2O3/c1-12(2,3)18-11(16)15-7-10(6-14)13(8-15)4-5-17-9-13/h10H,4-9,14H2,1-3H3. The fraction of sp³-hybridized carbons (Fsp3) is 0.923. The third-order valence-electron chi connectivity index (χ3n) is 3.88. The molecule has 18 heavy (non-hydrogen) atoms. The van der Waals surface area contributed by atoms with Crippen LogP contribution in [0.25, 0.3) is 0 Å². The van der Waals surface area contributed by atoms with Crippen LogP contribution in [0.15, 0.2) is 0 Å². The van der Waals surface area contributed by atoms with E-state index in [2.05, 4.69) is 0 Å². The summed E-state index contributed by atoms with van der Waals surface area (Å²) in [6, 6.07) is 0. The number of hydrogen-bond acceptors (Lipinski definition) is 4. The van der Waals surface area contributed by atoms with Crippen LogP contribution in [0.3, 0.4) is 0 Å². The minimum atomic E-state index is -0.447. The molecule has 0 aromatic heterocycles. The van der Waals surface area contributed by atoms with E-state index >= 15 is 0 Å². The summed E-state index contributed by atoms with van der Waals surface area (Å²) >= 11 is 0. The van der Waals surface area contributed by atoms with Crippen molar-refractivity contribution < 1.29 is 14.3 Å². The lowest BCUT2D eigenvalue weighted by Gasteiger charge is -2.27. The van der Waals surface area contributed by atoms with Crippen molar-refractivity contribution in [3.8, 4) is 0 Å². The molecule has 5 heteroatoms. The molecule has 2 unspecified atom stereocenters. The van der Waals surface area contributed by atoms with Gasteiger partial charge in [0.25, 0.3) is 0 Å². The van der Waals surface area contributed by atoms with Gasteiger partial charge in [0.05, 0.1) is 6.61 Å². The van der Waals surface area contributed by atoms with E-state index in [1.54, 1.807) is 4.90 Å². The van der Waals surface area contributed by atoms with Gasteiger partial charge in [0, 0.05) is 25.1 Å². The molecule has 2 atom stereocenters. The van der Waals surface area contributed by atoms with Crippen LogP contribution in [-0.2, 0) is 9.47 Å². The molecular weight excluding hydrogens is 232 g/mol. The van der Waals surface area contributed by atoms with E-state index in [9.17, 15) is 4.79 Å². The number of carbonyl (C=O) groups excluding carboxylic acids is 1. The van der Waals surface area contributed by atoms with Gasteiger partial charge < -0.3 is 20.1 Å². The first kappa shape index (κ1) is 13.6. The van der Waals surface area contributed by atoms with E-state index in [-0.39, 0.29) is 11.5 Å². The van der Waals surface area contributed by atoms with E-state index in [0.29, 0.717) is 32.2 Å². The van der Waals surface area contributed by atoms with Crippen molar-refractivity contribution in [2.24, 2.45) is 17.1 Å². The van der Waals surface area contributed by atoms with E-state index in [4.69, 9.17) is 15.2 Å². The minimum Gasteiger partial charge on any atom is -0.444 e. The Morgan fingerprint density at radius 2 is 2.28 bits per heavy atom. The van der Waals surface area contributed by atoms with Gasteiger partial charge in [0.1, 0.15) is 5.60 Å². The Labute approximate surface area is 109 Å². The van der Waals surface area contributed by atoms with Gasteiger partial charge in [0.2, 0.25) is 0 Å². The van der Waals surface area contributed by atoms with Gasteiger partial charge >= 0.3 is 6.09 Å². The van der Waals surface area contributed by atoms with Crippen molar-refractivity contribution >= 4 is 6.09 Å². The predicted molar refractivity (Wildman–Crippen MR) is 68.2 cm³/mol. The Balaban J connectivity index is 2.03. The lowest BCUT2D eigenvalue weighted by Crippen LogP contribution is -2.37. The number of likely N-dealkylation sites (tertiary alicyclic amines) is 1. The summed E-state index contributed by atoms with van der Waals surface area (Å²) in [5, 5.41) is 0. The molecule has 0 aromatic carbocycles. The molecule has 2 heterocycles. The highest BCUT2D eigenvalue weighted by molar-refractivity contribution is 5.68. The van der Waals surface area contributed by atoms with Crippen LogP contribution >= 0.6 is 0 Å². The monoisotopic (exact) mass is 256 g/mol. The maximum atomic E-state index is 12.1. The summed E-state index contributed by atoms with van der Waals surface area (Å²) in [4.78, 5) is 13.9. The van der Waals surface area contributed by atoms with Crippen LogP contribution in [0.1, 0.15) is 27.2 Å². The SMILES string of the molecule is CC(C)(C)OC(=O)N1CC(CN)C2(CCOC2)C1. The van der Waals surface area contributed by atoms with Crippen molar-refractivity contribution in [3.63, 3.8) is 0 Å². The van der Waals surface area contributed by atoms with Crippen LogP contribution in [0.5, 0.6) is 0 Å². The largest absolute Gasteiger partial charge is 0.444 e. The molecule has 0 aromatic rings. The first-order chi connectivity index (χ1) is 8.36. The van der Waals surface area contributed by atoms with Crippen LogP contribution in [0.4, 0.5) is 4.79 Å². The summed E-state index contributed by atoms with van der Waals surface area (Å²) in [7, 11) is 0. The summed E-state index contributed by atoms with van der Waals surface area (Å²) in [6.45, 7) is 9.15. The first-order valence-corrected chi connectivity index (χ1v) is 6.62. The second-order valence-corrected chi connectivity index (χ2v) is 6.46. The third-order valence-corrected chi connectivity index (χ3v) is 3.88. The molecular formula is C13H24N2O3. The Hall–Kier alpha value is -0.810. The minimum absolute atomic E-state index is 0.0612. The fourth-order valence-electron chi connectivity index (χ4n) is 2.89. The molecule has 1 amide bonds. The van der Waals surface area contributed by atoms with Gasteiger partial charge in [-0.2, -0.15) is 0 Å². The fourth-order valence-corrected chi connectivity index (χ4v) is 2.89. The van der Waals surface area contributed by atoms with Gasteiger partial charge in [-0.15, -0.1) is 0 Å². The number of hydrogen-bond donors (Lipinski definition) is 1. The lowest BCUT2D eigenvalue weighted by molar-refractivity contribution is 0.0269. The summed E-state index contributed by atoms with van der Waals surface area (Å²) < 4.78 is 10.9. The molecule has 2 fully saturated rings. The normalized spacial score (nSPS) is 32.2. The zero-order valence-corrected chi connectivity index (χ0v) is 11.6. The number of carbonyl (C=O) groups is 1. The summed E-state index contributed by atoms with van der Waals surface area (Å²) in [6.07, 6.45) is 0.762. The maximum absolute atomic E-state index is 12.1. The van der Waals surface area contributed by atoms with Gasteiger partial charge in [-0.05, 0) is 39.7 Å². The average Bonchev–Trinajstić information content (AvgIpc) is 2.85. The zero-order chi connectivity index (χ0) is 13.4. The number of nitrogens with zero attached hydrogens (tertiary/aromatic N) is 1. The molecule has 2 aliphatic rings. The van der Waals surface area contributed by atoms with Crippen LogP contribution in [0, 0.1) is 11.3 Å². The zero-order valence-electron chi connectivity index (χ0n) is 11.6. The molecule has 104 valence electrons. The summed E-state index contributed by atoms with van der Waals surface area (Å²) in [5.74, 6) is 0.326. The number of nitrogens with two attached hydrogens (primary N) is 1. The second-order valence-electron chi connectivity index (χ2n) is 6.46. The maximum Gasteiger partial charge on any atom is 0.410 e. The van der Waals surface area contributed by atoms with E-state index < -0.39 is 5.60 Å². The van der Waals surface area contributed by atoms with Crippen molar-refractivity contribution in [3.05, 3.63) is 0 Å². The van der Waals surface area contributed by atoms with Gasteiger partial charge in [0.15, 0.2) is 0 Å². The van der Waals surface area contributed by atoms with Gasteiger partial charge in [-0.3, -0.25) is 0 Å². The first-order valence-electron chi connectivity index (χ1n) is 6.62. The lowest BCUT2D eigenvalue weighted by atomic mass is 9.77. The van der Waals surface area contributed by atoms with Gasteiger partial charge in [-0.25, -0.2) is 4.79 Å². The van der Waals surface area contributed by atoms with Crippen molar-refractivity contribution in [1.82, 2.24) is 4.90 Å². The Kier molecular flexibility index (Phi) is 3.56. The van der Waals surface area contributed by atoms with E-state index in [1.807, 2.05) is 20.8 Å². The molecule has 0 radical (unpaired) electrons. The smallest absolute Gasteiger partial charge is 0.410 e. The molecule has 2 N–H and O–H groups in total. The van der Waals surface area contributed by atoms with Crippen LogP contribution < -0.4 is 5.73 Å². The second kappa shape index (κ2) is 4.70.